The van der Waals surface area contributed by atoms with Crippen molar-refractivity contribution in [1.29, 1.82) is 0 Å². The van der Waals surface area contributed by atoms with Crippen molar-refractivity contribution in [3.05, 3.63) is 47.7 Å². The van der Waals surface area contributed by atoms with E-state index in [1.807, 2.05) is 36.1 Å². The monoisotopic (exact) mass is 311 g/mol. The van der Waals surface area contributed by atoms with Crippen LogP contribution in [-0.4, -0.2) is 47.2 Å². The third kappa shape index (κ3) is 3.41. The number of nitrogens with zero attached hydrogens (tertiary/aromatic N) is 4. The third-order valence-corrected chi connectivity index (χ3v) is 4.16. The average Bonchev–Trinajstić information content (AvgIpc) is 2.83. The van der Waals surface area contributed by atoms with Gasteiger partial charge in [-0.05, 0) is 43.2 Å². The van der Waals surface area contributed by atoms with E-state index in [-0.39, 0.29) is 5.91 Å². The summed E-state index contributed by atoms with van der Waals surface area (Å²) in [7, 11) is 0. The second-order valence-corrected chi connectivity index (χ2v) is 5.79. The van der Waals surface area contributed by atoms with Crippen LogP contribution in [-0.2, 0) is 0 Å². The van der Waals surface area contributed by atoms with Crippen LogP contribution in [0.15, 0.2) is 36.5 Å². The maximum absolute atomic E-state index is 12.8. The summed E-state index contributed by atoms with van der Waals surface area (Å²) in [6.07, 6.45) is 2.57. The molecule has 1 fully saturated rings. The summed E-state index contributed by atoms with van der Waals surface area (Å²) in [6.45, 7) is 4.98. The Kier molecular flexibility index (Phi) is 4.41. The van der Waals surface area contributed by atoms with Crippen LogP contribution in [0.3, 0.4) is 0 Å². The number of anilines is 2. The van der Waals surface area contributed by atoms with E-state index in [4.69, 9.17) is 5.73 Å². The molecule has 2 aromatic rings. The Morgan fingerprint density at radius 3 is 2.83 bits per heavy atom. The number of rotatable bonds is 2. The summed E-state index contributed by atoms with van der Waals surface area (Å²) < 4.78 is 0. The maximum Gasteiger partial charge on any atom is 0.254 e. The molecule has 6 heteroatoms. The minimum atomic E-state index is 0.0517. The fraction of sp³-hybridized carbons (Fsp3) is 0.353. The lowest BCUT2D eigenvalue weighted by atomic mass is 10.1. The van der Waals surface area contributed by atoms with Gasteiger partial charge in [-0.2, -0.15) is 5.10 Å². The van der Waals surface area contributed by atoms with E-state index >= 15 is 0 Å². The number of benzene rings is 1. The SMILES string of the molecule is Cc1ccc(N)cc1C(=O)N1CCCN(c2cccnn2)CC1. The van der Waals surface area contributed by atoms with Gasteiger partial charge in [0.1, 0.15) is 0 Å². The molecule has 1 aliphatic heterocycles. The zero-order valence-electron chi connectivity index (χ0n) is 13.3. The molecule has 1 aromatic heterocycles. The summed E-state index contributed by atoms with van der Waals surface area (Å²) in [5.41, 5.74) is 8.10. The number of nitrogen functional groups attached to an aromatic ring is 1. The summed E-state index contributed by atoms with van der Waals surface area (Å²) in [6, 6.07) is 9.32. The molecule has 1 saturated heterocycles. The molecule has 23 heavy (non-hydrogen) atoms. The van der Waals surface area contributed by atoms with Gasteiger partial charge in [0.15, 0.2) is 5.82 Å². The van der Waals surface area contributed by atoms with Gasteiger partial charge < -0.3 is 15.5 Å². The molecule has 0 radical (unpaired) electrons. The highest BCUT2D eigenvalue weighted by Gasteiger charge is 2.22. The Balaban J connectivity index is 1.73. The molecule has 0 spiro atoms. The van der Waals surface area contributed by atoms with Crippen LogP contribution in [0.2, 0.25) is 0 Å². The van der Waals surface area contributed by atoms with Crippen LogP contribution in [0.25, 0.3) is 0 Å². The predicted molar refractivity (Wildman–Crippen MR) is 90.4 cm³/mol. The number of aromatic nitrogens is 2. The van der Waals surface area contributed by atoms with Crippen LogP contribution in [0.4, 0.5) is 11.5 Å². The largest absolute Gasteiger partial charge is 0.399 e. The average molecular weight is 311 g/mol. The molecule has 2 N–H and O–H groups in total. The van der Waals surface area contributed by atoms with Gasteiger partial charge >= 0.3 is 0 Å². The van der Waals surface area contributed by atoms with Crippen molar-refractivity contribution < 1.29 is 4.79 Å². The van der Waals surface area contributed by atoms with Crippen LogP contribution in [0, 0.1) is 6.92 Å². The van der Waals surface area contributed by atoms with Gasteiger partial charge in [0, 0.05) is 43.6 Å². The molecule has 1 aliphatic rings. The highest BCUT2D eigenvalue weighted by atomic mass is 16.2. The zero-order chi connectivity index (χ0) is 16.2. The number of hydrogen-bond donors (Lipinski definition) is 1. The molecule has 0 atom stereocenters. The topological polar surface area (TPSA) is 75.4 Å². The summed E-state index contributed by atoms with van der Waals surface area (Å²) in [4.78, 5) is 16.9. The van der Waals surface area contributed by atoms with Gasteiger partial charge in [-0.3, -0.25) is 4.79 Å². The Morgan fingerprint density at radius 1 is 1.17 bits per heavy atom. The lowest BCUT2D eigenvalue weighted by Crippen LogP contribution is -2.35. The Hall–Kier alpha value is -2.63. The molecule has 1 aromatic carbocycles. The minimum Gasteiger partial charge on any atom is -0.399 e. The molecule has 0 saturated carbocycles. The van der Waals surface area contributed by atoms with Crippen molar-refractivity contribution >= 4 is 17.4 Å². The second-order valence-electron chi connectivity index (χ2n) is 5.79. The molecule has 120 valence electrons. The van der Waals surface area contributed by atoms with Gasteiger partial charge in [-0.1, -0.05) is 6.07 Å². The first kappa shape index (κ1) is 15.3. The van der Waals surface area contributed by atoms with E-state index in [0.29, 0.717) is 17.8 Å². The second kappa shape index (κ2) is 6.64. The minimum absolute atomic E-state index is 0.0517. The summed E-state index contributed by atoms with van der Waals surface area (Å²) >= 11 is 0. The van der Waals surface area contributed by atoms with Crippen molar-refractivity contribution in [3.63, 3.8) is 0 Å². The van der Waals surface area contributed by atoms with Crippen molar-refractivity contribution in [3.8, 4) is 0 Å². The van der Waals surface area contributed by atoms with Crippen LogP contribution < -0.4 is 10.6 Å². The number of nitrogens with two attached hydrogens (primary N) is 1. The number of amides is 1. The first-order chi connectivity index (χ1) is 11.1. The van der Waals surface area contributed by atoms with Crippen LogP contribution in [0.5, 0.6) is 0 Å². The zero-order valence-corrected chi connectivity index (χ0v) is 13.3. The fourth-order valence-electron chi connectivity index (χ4n) is 2.85. The van der Waals surface area contributed by atoms with Crippen molar-refractivity contribution in [1.82, 2.24) is 15.1 Å². The maximum atomic E-state index is 12.8. The Labute approximate surface area is 135 Å². The van der Waals surface area contributed by atoms with Crippen LogP contribution in [0.1, 0.15) is 22.3 Å². The molecule has 3 rings (SSSR count). The number of aryl methyl sites for hydroxylation is 1. The molecule has 0 aliphatic carbocycles. The standard InChI is InChI=1S/C17H21N5O/c1-13-5-6-14(18)12-15(13)17(23)22-9-3-8-21(10-11-22)16-4-2-7-19-20-16/h2,4-7,12H,3,8-11,18H2,1H3. The van der Waals surface area contributed by atoms with E-state index in [1.54, 1.807) is 12.3 Å². The first-order valence-corrected chi connectivity index (χ1v) is 7.83. The van der Waals surface area contributed by atoms with E-state index in [9.17, 15) is 4.79 Å². The molecule has 1 amide bonds. The molecule has 0 unspecified atom stereocenters. The van der Waals surface area contributed by atoms with Gasteiger partial charge in [-0.15, -0.1) is 5.10 Å². The fourth-order valence-corrected chi connectivity index (χ4v) is 2.85. The highest BCUT2D eigenvalue weighted by molar-refractivity contribution is 5.96. The summed E-state index contributed by atoms with van der Waals surface area (Å²) in [5, 5.41) is 8.08. The predicted octanol–water partition coefficient (Wildman–Crippen LogP) is 1.72. The molecular formula is C17H21N5O. The number of carbonyl (C=O) groups excluding carboxylic acids is 1. The smallest absolute Gasteiger partial charge is 0.254 e. The Bertz CT molecular complexity index is 689. The number of hydrogen-bond acceptors (Lipinski definition) is 5. The van der Waals surface area contributed by atoms with Crippen molar-refractivity contribution in [2.24, 2.45) is 0 Å². The normalized spacial score (nSPS) is 15.3. The third-order valence-electron chi connectivity index (χ3n) is 4.16. The van der Waals surface area contributed by atoms with Gasteiger partial charge in [-0.25, -0.2) is 0 Å². The molecular weight excluding hydrogens is 290 g/mol. The molecule has 2 heterocycles. The van der Waals surface area contributed by atoms with Crippen molar-refractivity contribution in [2.45, 2.75) is 13.3 Å². The van der Waals surface area contributed by atoms with E-state index in [0.717, 1.165) is 37.4 Å². The van der Waals surface area contributed by atoms with Crippen molar-refractivity contribution in [2.75, 3.05) is 36.8 Å². The van der Waals surface area contributed by atoms with Gasteiger partial charge in [0.05, 0.1) is 0 Å². The van der Waals surface area contributed by atoms with Gasteiger partial charge in [0.2, 0.25) is 0 Å². The lowest BCUT2D eigenvalue weighted by molar-refractivity contribution is 0.0766. The molecule has 6 nitrogen and oxygen atoms in total. The van der Waals surface area contributed by atoms with E-state index in [1.165, 1.54) is 0 Å². The quantitative estimate of drug-likeness (QED) is 0.855. The number of carbonyl (C=O) groups is 1. The summed E-state index contributed by atoms with van der Waals surface area (Å²) in [5.74, 6) is 0.915. The Morgan fingerprint density at radius 2 is 2.04 bits per heavy atom. The first-order valence-electron chi connectivity index (χ1n) is 7.83. The van der Waals surface area contributed by atoms with Gasteiger partial charge in [0.25, 0.3) is 5.91 Å². The lowest BCUT2D eigenvalue weighted by Gasteiger charge is -2.23. The van der Waals surface area contributed by atoms with E-state index in [2.05, 4.69) is 15.1 Å². The van der Waals surface area contributed by atoms with Crippen LogP contribution >= 0.6 is 0 Å². The molecule has 0 bridgehead atoms. The highest BCUT2D eigenvalue weighted by Crippen LogP contribution is 2.18. The van der Waals surface area contributed by atoms with E-state index < -0.39 is 0 Å².